The van der Waals surface area contributed by atoms with Gasteiger partial charge in [0.1, 0.15) is 5.75 Å². The number of para-hydroxylation sites is 2. The minimum atomic E-state index is -0.288. The summed E-state index contributed by atoms with van der Waals surface area (Å²) in [5.74, 6) is 0.620. The summed E-state index contributed by atoms with van der Waals surface area (Å²) in [5.41, 5.74) is 3.85. The summed E-state index contributed by atoms with van der Waals surface area (Å²) in [6, 6.07) is 24.9. The van der Waals surface area contributed by atoms with Gasteiger partial charge in [-0.1, -0.05) is 72.3 Å². The third kappa shape index (κ3) is 4.22. The number of carbonyl (C=O) groups excluding carboxylic acids is 1. The summed E-state index contributed by atoms with van der Waals surface area (Å²) in [6.07, 6.45) is 0. The van der Waals surface area contributed by atoms with Crippen LogP contribution in [0.25, 0.3) is 0 Å². The van der Waals surface area contributed by atoms with Gasteiger partial charge in [-0.25, -0.2) is 4.79 Å². The van der Waals surface area contributed by atoms with Crippen molar-refractivity contribution in [3.63, 3.8) is 0 Å². The van der Waals surface area contributed by atoms with Crippen molar-refractivity contribution in [3.8, 4) is 5.75 Å². The fourth-order valence-corrected chi connectivity index (χ4v) is 2.80. The SMILES string of the molecule is COc1ccccc1NC(=O)NC(c1ccccc1)c1ccc(C)cc1. The molecule has 0 bridgehead atoms. The van der Waals surface area contributed by atoms with E-state index in [0.29, 0.717) is 11.4 Å². The molecule has 0 heterocycles. The molecule has 3 aromatic rings. The van der Waals surface area contributed by atoms with Crippen LogP contribution in [0, 0.1) is 6.92 Å². The zero-order valence-corrected chi connectivity index (χ0v) is 14.9. The first-order valence-corrected chi connectivity index (χ1v) is 8.49. The zero-order chi connectivity index (χ0) is 18.4. The lowest BCUT2D eigenvalue weighted by Gasteiger charge is -2.21. The van der Waals surface area contributed by atoms with E-state index in [1.54, 1.807) is 7.11 Å². The maximum absolute atomic E-state index is 12.6. The van der Waals surface area contributed by atoms with Crippen molar-refractivity contribution in [2.45, 2.75) is 13.0 Å². The molecule has 3 aromatic carbocycles. The Morgan fingerprint density at radius 3 is 2.15 bits per heavy atom. The topological polar surface area (TPSA) is 50.4 Å². The maximum Gasteiger partial charge on any atom is 0.320 e. The monoisotopic (exact) mass is 346 g/mol. The number of nitrogens with one attached hydrogen (secondary N) is 2. The molecule has 132 valence electrons. The zero-order valence-electron chi connectivity index (χ0n) is 14.9. The average molecular weight is 346 g/mol. The van der Waals surface area contributed by atoms with Gasteiger partial charge in [0.15, 0.2) is 0 Å². The number of ether oxygens (including phenoxy) is 1. The molecule has 2 N–H and O–H groups in total. The molecule has 2 amide bonds. The lowest BCUT2D eigenvalue weighted by molar-refractivity contribution is 0.250. The molecule has 1 atom stereocenters. The van der Waals surface area contributed by atoms with Crippen LogP contribution in [0.3, 0.4) is 0 Å². The Bertz CT molecular complexity index is 861. The third-order valence-corrected chi connectivity index (χ3v) is 4.17. The van der Waals surface area contributed by atoms with Gasteiger partial charge in [0.05, 0.1) is 18.8 Å². The quantitative estimate of drug-likeness (QED) is 0.689. The van der Waals surface area contributed by atoms with Gasteiger partial charge in [-0.2, -0.15) is 0 Å². The number of hydrogen-bond acceptors (Lipinski definition) is 2. The number of anilines is 1. The molecule has 3 rings (SSSR count). The highest BCUT2D eigenvalue weighted by atomic mass is 16.5. The van der Waals surface area contributed by atoms with Crippen LogP contribution in [0.15, 0.2) is 78.9 Å². The van der Waals surface area contributed by atoms with E-state index in [9.17, 15) is 4.79 Å². The summed E-state index contributed by atoms with van der Waals surface area (Å²) < 4.78 is 5.29. The van der Waals surface area contributed by atoms with E-state index < -0.39 is 0 Å². The van der Waals surface area contributed by atoms with E-state index in [2.05, 4.69) is 10.6 Å². The minimum absolute atomic E-state index is 0.244. The second-order valence-electron chi connectivity index (χ2n) is 6.05. The van der Waals surface area contributed by atoms with Gasteiger partial charge in [-0.15, -0.1) is 0 Å². The van der Waals surface area contributed by atoms with Gasteiger partial charge in [0.2, 0.25) is 0 Å². The Kier molecular flexibility index (Phi) is 5.54. The average Bonchev–Trinajstić information content (AvgIpc) is 2.68. The predicted molar refractivity (Wildman–Crippen MR) is 105 cm³/mol. The van der Waals surface area contributed by atoms with E-state index in [1.165, 1.54) is 5.56 Å². The highest BCUT2D eigenvalue weighted by Gasteiger charge is 2.17. The van der Waals surface area contributed by atoms with Crippen LogP contribution in [-0.2, 0) is 0 Å². The summed E-state index contributed by atoms with van der Waals surface area (Å²) >= 11 is 0. The van der Waals surface area contributed by atoms with Crippen LogP contribution in [0.1, 0.15) is 22.7 Å². The van der Waals surface area contributed by atoms with Crippen molar-refractivity contribution >= 4 is 11.7 Å². The van der Waals surface area contributed by atoms with Crippen molar-refractivity contribution in [2.24, 2.45) is 0 Å². The van der Waals surface area contributed by atoms with Gasteiger partial charge in [-0.3, -0.25) is 0 Å². The van der Waals surface area contributed by atoms with Crippen LogP contribution >= 0.6 is 0 Å². The first-order valence-electron chi connectivity index (χ1n) is 8.49. The number of rotatable bonds is 5. The van der Waals surface area contributed by atoms with Crippen molar-refractivity contribution in [3.05, 3.63) is 95.6 Å². The standard InChI is InChI=1S/C22H22N2O2/c1-16-12-14-18(15-13-16)21(17-8-4-3-5-9-17)24-22(25)23-19-10-6-7-11-20(19)26-2/h3-15,21H,1-2H3,(H2,23,24,25). The Balaban J connectivity index is 1.83. The summed E-state index contributed by atoms with van der Waals surface area (Å²) in [7, 11) is 1.58. The highest BCUT2D eigenvalue weighted by Crippen LogP contribution is 2.25. The van der Waals surface area contributed by atoms with E-state index >= 15 is 0 Å². The maximum atomic E-state index is 12.6. The minimum Gasteiger partial charge on any atom is -0.495 e. The van der Waals surface area contributed by atoms with Gasteiger partial charge >= 0.3 is 6.03 Å². The number of hydrogen-bond donors (Lipinski definition) is 2. The normalized spacial score (nSPS) is 11.5. The number of benzene rings is 3. The molecule has 0 aromatic heterocycles. The second-order valence-corrected chi connectivity index (χ2v) is 6.05. The summed E-state index contributed by atoms with van der Waals surface area (Å²) in [6.45, 7) is 2.04. The molecule has 4 nitrogen and oxygen atoms in total. The van der Waals surface area contributed by atoms with Gasteiger partial charge < -0.3 is 15.4 Å². The molecule has 0 saturated carbocycles. The van der Waals surface area contributed by atoms with Gasteiger partial charge in [-0.05, 0) is 30.2 Å². The van der Waals surface area contributed by atoms with E-state index in [1.807, 2.05) is 85.8 Å². The third-order valence-electron chi connectivity index (χ3n) is 4.17. The Morgan fingerprint density at radius 1 is 0.846 bits per heavy atom. The Labute approximate surface area is 153 Å². The lowest BCUT2D eigenvalue weighted by atomic mass is 9.98. The van der Waals surface area contributed by atoms with Crippen LogP contribution in [0.5, 0.6) is 5.75 Å². The van der Waals surface area contributed by atoms with Gasteiger partial charge in [0, 0.05) is 0 Å². The van der Waals surface area contributed by atoms with Crippen LogP contribution < -0.4 is 15.4 Å². The molecule has 0 aliphatic carbocycles. The summed E-state index contributed by atoms with van der Waals surface area (Å²) in [5, 5.41) is 5.93. The first-order chi connectivity index (χ1) is 12.7. The van der Waals surface area contributed by atoms with Crippen molar-refractivity contribution in [1.29, 1.82) is 0 Å². The molecular weight excluding hydrogens is 324 g/mol. The summed E-state index contributed by atoms with van der Waals surface area (Å²) in [4.78, 5) is 12.6. The number of amides is 2. The predicted octanol–water partition coefficient (Wildman–Crippen LogP) is 4.91. The Hall–Kier alpha value is -3.27. The van der Waals surface area contributed by atoms with Crippen LogP contribution in [0.2, 0.25) is 0 Å². The molecule has 4 heteroatoms. The largest absolute Gasteiger partial charge is 0.495 e. The van der Waals surface area contributed by atoms with Crippen LogP contribution in [-0.4, -0.2) is 13.1 Å². The Morgan fingerprint density at radius 2 is 1.46 bits per heavy atom. The molecule has 0 fully saturated rings. The van der Waals surface area contributed by atoms with Gasteiger partial charge in [0.25, 0.3) is 0 Å². The van der Waals surface area contributed by atoms with E-state index in [0.717, 1.165) is 11.1 Å². The molecule has 0 spiro atoms. The molecule has 0 aliphatic heterocycles. The number of urea groups is 1. The molecule has 0 aliphatic rings. The number of methoxy groups -OCH3 is 1. The van der Waals surface area contributed by atoms with E-state index in [-0.39, 0.29) is 12.1 Å². The lowest BCUT2D eigenvalue weighted by Crippen LogP contribution is -2.33. The second kappa shape index (κ2) is 8.21. The fourth-order valence-electron chi connectivity index (χ4n) is 2.80. The molecular formula is C22H22N2O2. The number of carbonyl (C=O) groups is 1. The molecule has 0 radical (unpaired) electrons. The van der Waals surface area contributed by atoms with Crippen molar-refractivity contribution < 1.29 is 9.53 Å². The van der Waals surface area contributed by atoms with Crippen molar-refractivity contribution in [2.75, 3.05) is 12.4 Å². The fraction of sp³-hybridized carbons (Fsp3) is 0.136. The molecule has 0 saturated heterocycles. The van der Waals surface area contributed by atoms with Crippen molar-refractivity contribution in [1.82, 2.24) is 5.32 Å². The van der Waals surface area contributed by atoms with Crippen LogP contribution in [0.4, 0.5) is 10.5 Å². The smallest absolute Gasteiger partial charge is 0.320 e. The first kappa shape index (κ1) is 17.5. The molecule has 26 heavy (non-hydrogen) atoms. The molecule has 1 unspecified atom stereocenters. The number of aryl methyl sites for hydroxylation is 1. The highest BCUT2D eigenvalue weighted by molar-refractivity contribution is 5.91. The van der Waals surface area contributed by atoms with E-state index in [4.69, 9.17) is 4.74 Å².